The molecule has 2 aromatic rings. The van der Waals surface area contributed by atoms with E-state index in [9.17, 15) is 0 Å². The molecule has 82 valence electrons. The SMILES string of the molecule is Nc1c2c(nc3c(N)cccc13)CCCC2. The van der Waals surface area contributed by atoms with Crippen molar-refractivity contribution in [2.45, 2.75) is 25.7 Å². The highest BCUT2D eigenvalue weighted by Gasteiger charge is 2.16. The molecule has 1 aliphatic rings. The van der Waals surface area contributed by atoms with Crippen LogP contribution < -0.4 is 11.5 Å². The van der Waals surface area contributed by atoms with E-state index in [0.29, 0.717) is 0 Å². The Morgan fingerprint density at radius 3 is 2.75 bits per heavy atom. The molecule has 3 rings (SSSR count). The van der Waals surface area contributed by atoms with Crippen LogP contribution in [0.25, 0.3) is 10.9 Å². The van der Waals surface area contributed by atoms with Gasteiger partial charge in [0.15, 0.2) is 0 Å². The lowest BCUT2D eigenvalue weighted by molar-refractivity contribution is 0.673. The molecule has 0 aliphatic heterocycles. The largest absolute Gasteiger partial charge is 0.398 e. The van der Waals surface area contributed by atoms with Crippen LogP contribution in [0.1, 0.15) is 24.1 Å². The number of aromatic nitrogens is 1. The summed E-state index contributed by atoms with van der Waals surface area (Å²) in [4.78, 5) is 4.67. The van der Waals surface area contributed by atoms with Gasteiger partial charge in [-0.05, 0) is 37.3 Å². The molecule has 1 aliphatic carbocycles. The maximum Gasteiger partial charge on any atom is 0.0955 e. The predicted octanol–water partition coefficient (Wildman–Crippen LogP) is 2.28. The molecule has 1 aromatic carbocycles. The Kier molecular flexibility index (Phi) is 1.99. The maximum atomic E-state index is 6.21. The minimum atomic E-state index is 0.720. The molecule has 0 amide bonds. The van der Waals surface area contributed by atoms with Gasteiger partial charge < -0.3 is 11.5 Å². The monoisotopic (exact) mass is 213 g/mol. The van der Waals surface area contributed by atoms with Crippen LogP contribution >= 0.6 is 0 Å². The van der Waals surface area contributed by atoms with E-state index in [1.165, 1.54) is 18.4 Å². The van der Waals surface area contributed by atoms with Gasteiger partial charge in [0.2, 0.25) is 0 Å². The molecule has 3 nitrogen and oxygen atoms in total. The molecule has 0 saturated carbocycles. The number of para-hydroxylation sites is 1. The zero-order valence-corrected chi connectivity index (χ0v) is 9.16. The first kappa shape index (κ1) is 9.46. The van der Waals surface area contributed by atoms with Crippen LogP contribution in [-0.4, -0.2) is 4.98 Å². The van der Waals surface area contributed by atoms with E-state index in [2.05, 4.69) is 4.98 Å². The van der Waals surface area contributed by atoms with Crippen LogP contribution in [0.5, 0.6) is 0 Å². The molecular formula is C13H15N3. The number of nitrogens with zero attached hydrogens (tertiary/aromatic N) is 1. The van der Waals surface area contributed by atoms with E-state index in [1.807, 2.05) is 18.2 Å². The van der Waals surface area contributed by atoms with Crippen LogP contribution in [0, 0.1) is 0 Å². The number of nitrogens with two attached hydrogens (primary N) is 2. The third-order valence-corrected chi connectivity index (χ3v) is 3.37. The van der Waals surface area contributed by atoms with Crippen molar-refractivity contribution in [3.8, 4) is 0 Å². The Balaban J connectivity index is 2.39. The number of pyridine rings is 1. The highest BCUT2D eigenvalue weighted by molar-refractivity contribution is 5.98. The van der Waals surface area contributed by atoms with Crippen molar-refractivity contribution < 1.29 is 0 Å². The van der Waals surface area contributed by atoms with Gasteiger partial charge >= 0.3 is 0 Å². The molecule has 0 bridgehead atoms. The van der Waals surface area contributed by atoms with Crippen LogP contribution in [0.15, 0.2) is 18.2 Å². The summed E-state index contributed by atoms with van der Waals surface area (Å²) in [6.07, 6.45) is 4.51. The van der Waals surface area contributed by atoms with E-state index in [-0.39, 0.29) is 0 Å². The fraction of sp³-hybridized carbons (Fsp3) is 0.308. The quantitative estimate of drug-likeness (QED) is 0.660. The Labute approximate surface area is 94.5 Å². The Bertz CT molecular complexity index is 561. The van der Waals surface area contributed by atoms with Crippen molar-refractivity contribution in [2.75, 3.05) is 11.5 Å². The molecule has 0 spiro atoms. The normalized spacial score (nSPS) is 15.0. The minimum absolute atomic E-state index is 0.720. The fourth-order valence-electron chi connectivity index (χ4n) is 2.50. The van der Waals surface area contributed by atoms with Gasteiger partial charge in [-0.3, -0.25) is 4.98 Å². The molecule has 16 heavy (non-hydrogen) atoms. The number of fused-ring (bicyclic) bond motifs is 2. The van der Waals surface area contributed by atoms with Crippen LogP contribution in [0.2, 0.25) is 0 Å². The van der Waals surface area contributed by atoms with Gasteiger partial charge in [-0.25, -0.2) is 0 Å². The summed E-state index contributed by atoms with van der Waals surface area (Å²) in [5.41, 5.74) is 17.0. The van der Waals surface area contributed by atoms with Gasteiger partial charge in [0.25, 0.3) is 0 Å². The van der Waals surface area contributed by atoms with Crippen molar-refractivity contribution in [1.82, 2.24) is 4.98 Å². The van der Waals surface area contributed by atoms with Gasteiger partial charge in [0, 0.05) is 16.8 Å². The number of benzene rings is 1. The van der Waals surface area contributed by atoms with Crippen molar-refractivity contribution in [2.24, 2.45) is 0 Å². The van der Waals surface area contributed by atoms with Gasteiger partial charge in [-0.2, -0.15) is 0 Å². The third-order valence-electron chi connectivity index (χ3n) is 3.37. The molecule has 1 aromatic heterocycles. The van der Waals surface area contributed by atoms with E-state index in [1.54, 1.807) is 0 Å². The molecule has 4 N–H and O–H groups in total. The second-order valence-electron chi connectivity index (χ2n) is 4.40. The van der Waals surface area contributed by atoms with Crippen molar-refractivity contribution in [3.05, 3.63) is 29.5 Å². The first-order chi connectivity index (χ1) is 7.77. The van der Waals surface area contributed by atoms with Gasteiger partial charge in [-0.1, -0.05) is 12.1 Å². The van der Waals surface area contributed by atoms with E-state index in [4.69, 9.17) is 11.5 Å². The second kappa shape index (κ2) is 3.37. The average molecular weight is 213 g/mol. The van der Waals surface area contributed by atoms with E-state index < -0.39 is 0 Å². The number of anilines is 2. The van der Waals surface area contributed by atoms with Crippen LogP contribution in [0.3, 0.4) is 0 Å². The molecule has 0 radical (unpaired) electrons. The smallest absolute Gasteiger partial charge is 0.0955 e. The van der Waals surface area contributed by atoms with E-state index in [0.717, 1.165) is 40.8 Å². The molecular weight excluding hydrogens is 198 g/mol. The zero-order chi connectivity index (χ0) is 11.1. The maximum absolute atomic E-state index is 6.21. The fourth-order valence-corrected chi connectivity index (χ4v) is 2.50. The summed E-state index contributed by atoms with van der Waals surface area (Å²) in [7, 11) is 0. The minimum Gasteiger partial charge on any atom is -0.398 e. The topological polar surface area (TPSA) is 64.9 Å². The Hall–Kier alpha value is -1.77. The predicted molar refractivity (Wildman–Crippen MR) is 67.2 cm³/mol. The van der Waals surface area contributed by atoms with Crippen LogP contribution in [-0.2, 0) is 12.8 Å². The Morgan fingerprint density at radius 1 is 1.06 bits per heavy atom. The Morgan fingerprint density at radius 2 is 1.88 bits per heavy atom. The average Bonchev–Trinajstić information content (AvgIpc) is 2.31. The molecule has 0 unspecified atom stereocenters. The zero-order valence-electron chi connectivity index (χ0n) is 9.16. The molecule has 3 heteroatoms. The van der Waals surface area contributed by atoms with Gasteiger partial charge in [0.05, 0.1) is 11.2 Å². The number of rotatable bonds is 0. The molecule has 1 heterocycles. The molecule has 0 fully saturated rings. The highest BCUT2D eigenvalue weighted by atomic mass is 14.8. The van der Waals surface area contributed by atoms with E-state index >= 15 is 0 Å². The molecule has 0 saturated heterocycles. The summed E-state index contributed by atoms with van der Waals surface area (Å²) in [6, 6.07) is 5.82. The van der Waals surface area contributed by atoms with Crippen molar-refractivity contribution in [1.29, 1.82) is 0 Å². The van der Waals surface area contributed by atoms with Gasteiger partial charge in [-0.15, -0.1) is 0 Å². The summed E-state index contributed by atoms with van der Waals surface area (Å²) in [5.74, 6) is 0. The van der Waals surface area contributed by atoms with Crippen molar-refractivity contribution in [3.63, 3.8) is 0 Å². The number of hydrogen-bond acceptors (Lipinski definition) is 3. The third kappa shape index (κ3) is 1.24. The molecule has 0 atom stereocenters. The lowest BCUT2D eigenvalue weighted by Crippen LogP contribution is -2.10. The van der Waals surface area contributed by atoms with Gasteiger partial charge in [0.1, 0.15) is 0 Å². The summed E-state index contributed by atoms with van der Waals surface area (Å²) < 4.78 is 0. The number of aryl methyl sites for hydroxylation is 1. The first-order valence-corrected chi connectivity index (χ1v) is 5.73. The standard InChI is InChI=1S/C13H15N3/c14-10-6-3-5-9-12(15)8-4-1-2-7-11(8)16-13(9)10/h3,5-6H,1-2,4,7,14H2,(H2,15,16). The summed E-state index contributed by atoms with van der Waals surface area (Å²) in [6.45, 7) is 0. The number of nitrogen functional groups attached to an aromatic ring is 2. The lowest BCUT2D eigenvalue weighted by Gasteiger charge is -2.18. The highest BCUT2D eigenvalue weighted by Crippen LogP contribution is 2.32. The van der Waals surface area contributed by atoms with Crippen LogP contribution in [0.4, 0.5) is 11.4 Å². The summed E-state index contributed by atoms with van der Waals surface area (Å²) >= 11 is 0. The lowest BCUT2D eigenvalue weighted by atomic mass is 9.93. The second-order valence-corrected chi connectivity index (χ2v) is 4.40. The number of hydrogen-bond donors (Lipinski definition) is 2. The van der Waals surface area contributed by atoms with Crippen molar-refractivity contribution >= 4 is 22.3 Å². The summed E-state index contributed by atoms with van der Waals surface area (Å²) in [5, 5.41) is 1.00. The first-order valence-electron chi connectivity index (χ1n) is 5.73.